The molecule has 4 fully saturated rings. The summed E-state index contributed by atoms with van der Waals surface area (Å²) in [6.07, 6.45) is 0.283. The standard InChI is InChI=1S/C30H30Cl2FN5O5/c1-28(2,3)43-26(40)37-14-21-22(15-37)30(21,34-4)24-8-5-16(11-35-24)19-7-6-17(9-23(19)33)38-13-18(42-27(38)41)12-36-25(39)20-10-29(20,31)32/h5-9,11,18,20-22H,10,12-15H2,1-3H3,(H,36,39)/t18-,20?,21-,22+,30?/m0/s1. The first-order valence-corrected chi connectivity index (χ1v) is 14.8. The van der Waals surface area contributed by atoms with Crippen LogP contribution in [0.25, 0.3) is 16.0 Å². The third-order valence-electron chi connectivity index (χ3n) is 8.45. The Balaban J connectivity index is 1.08. The second kappa shape index (κ2) is 10.2. The van der Waals surface area contributed by atoms with E-state index in [1.54, 1.807) is 35.4 Å². The van der Waals surface area contributed by atoms with Crippen molar-refractivity contribution in [1.29, 1.82) is 0 Å². The van der Waals surface area contributed by atoms with Crippen molar-refractivity contribution in [2.45, 2.75) is 48.8 Å². The minimum absolute atomic E-state index is 0.0350. The molecule has 0 bridgehead atoms. The molecule has 2 saturated heterocycles. The average Bonchev–Trinajstić information content (AvgIpc) is 3.57. The Labute approximate surface area is 258 Å². The molecule has 10 nitrogen and oxygen atoms in total. The van der Waals surface area contributed by atoms with Gasteiger partial charge in [0.2, 0.25) is 5.91 Å². The summed E-state index contributed by atoms with van der Waals surface area (Å²) in [5, 5.41) is 2.69. The van der Waals surface area contributed by atoms with Crippen LogP contribution in [0, 0.1) is 30.1 Å². The van der Waals surface area contributed by atoms with Gasteiger partial charge in [0, 0.05) is 30.4 Å². The third kappa shape index (κ3) is 5.36. The van der Waals surface area contributed by atoms with E-state index in [2.05, 4.69) is 15.1 Å². The van der Waals surface area contributed by atoms with E-state index >= 15 is 4.39 Å². The number of halogens is 3. The number of piperidine rings is 1. The molecule has 0 spiro atoms. The van der Waals surface area contributed by atoms with Crippen LogP contribution in [0.3, 0.4) is 0 Å². The fraction of sp³-hybridized carbons (Fsp3) is 0.500. The van der Waals surface area contributed by atoms with Crippen LogP contribution in [0.15, 0.2) is 36.5 Å². The van der Waals surface area contributed by atoms with E-state index in [4.69, 9.17) is 39.2 Å². The summed E-state index contributed by atoms with van der Waals surface area (Å²) in [6.45, 7) is 14.4. The molecule has 5 atom stereocenters. The second-order valence-corrected chi connectivity index (χ2v) is 14.1. The van der Waals surface area contributed by atoms with E-state index in [1.807, 2.05) is 20.8 Å². The number of aromatic nitrogens is 1. The molecule has 2 saturated carbocycles. The number of carbonyl (C=O) groups is 3. The minimum atomic E-state index is -1.04. The van der Waals surface area contributed by atoms with Gasteiger partial charge in [-0.3, -0.25) is 14.7 Å². The Morgan fingerprint density at radius 2 is 1.91 bits per heavy atom. The molecule has 1 aromatic heterocycles. The number of cyclic esters (lactones) is 1. The Kier molecular flexibility index (Phi) is 7.01. The van der Waals surface area contributed by atoms with Crippen LogP contribution in [0.1, 0.15) is 32.9 Å². The number of benzene rings is 1. The molecule has 1 aromatic carbocycles. The number of pyridine rings is 1. The average molecular weight is 631 g/mol. The van der Waals surface area contributed by atoms with Crippen LogP contribution in [0.4, 0.5) is 19.7 Å². The van der Waals surface area contributed by atoms with E-state index < -0.39 is 39.4 Å². The summed E-state index contributed by atoms with van der Waals surface area (Å²) < 4.78 is 25.1. The van der Waals surface area contributed by atoms with Crippen molar-refractivity contribution < 1.29 is 28.2 Å². The molecule has 2 aromatic rings. The van der Waals surface area contributed by atoms with E-state index in [-0.39, 0.29) is 42.5 Å². The zero-order valence-electron chi connectivity index (χ0n) is 23.8. The smallest absolute Gasteiger partial charge is 0.414 e. The van der Waals surface area contributed by atoms with Gasteiger partial charge in [-0.2, -0.15) is 0 Å². The molecule has 226 valence electrons. The summed E-state index contributed by atoms with van der Waals surface area (Å²) in [5.41, 5.74) is 0.335. The molecule has 1 N–H and O–H groups in total. The zero-order valence-corrected chi connectivity index (χ0v) is 25.3. The molecule has 4 aliphatic rings. The summed E-state index contributed by atoms with van der Waals surface area (Å²) in [6, 6.07) is 7.90. The number of carbonyl (C=O) groups excluding carboxylic acids is 3. The van der Waals surface area contributed by atoms with E-state index in [0.717, 1.165) is 0 Å². The number of anilines is 1. The summed E-state index contributed by atoms with van der Waals surface area (Å²) in [4.78, 5) is 48.5. The van der Waals surface area contributed by atoms with Crippen LogP contribution in [-0.4, -0.2) is 70.2 Å². The molecule has 3 heterocycles. The lowest BCUT2D eigenvalue weighted by Crippen LogP contribution is -2.38. The van der Waals surface area contributed by atoms with Crippen LogP contribution >= 0.6 is 23.2 Å². The van der Waals surface area contributed by atoms with Crippen molar-refractivity contribution in [3.05, 3.63) is 59.5 Å². The lowest BCUT2D eigenvalue weighted by Gasteiger charge is -2.26. The van der Waals surface area contributed by atoms with E-state index in [9.17, 15) is 14.4 Å². The number of rotatable bonds is 6. The van der Waals surface area contributed by atoms with Gasteiger partial charge in [0.1, 0.15) is 27.5 Å². The van der Waals surface area contributed by atoms with Gasteiger partial charge >= 0.3 is 12.2 Å². The number of ether oxygens (including phenoxy) is 2. The van der Waals surface area contributed by atoms with Crippen molar-refractivity contribution in [3.63, 3.8) is 0 Å². The second-order valence-electron chi connectivity index (χ2n) is 12.5. The highest BCUT2D eigenvalue weighted by Gasteiger charge is 2.78. The Hall–Kier alpha value is -3.62. The molecule has 43 heavy (non-hydrogen) atoms. The highest BCUT2D eigenvalue weighted by atomic mass is 35.5. The van der Waals surface area contributed by atoms with Crippen LogP contribution in [0.5, 0.6) is 0 Å². The Morgan fingerprint density at radius 1 is 1.21 bits per heavy atom. The number of amides is 3. The predicted octanol–water partition coefficient (Wildman–Crippen LogP) is 5.13. The highest BCUT2D eigenvalue weighted by molar-refractivity contribution is 6.52. The quantitative estimate of drug-likeness (QED) is 0.351. The van der Waals surface area contributed by atoms with Gasteiger partial charge in [-0.25, -0.2) is 20.6 Å². The Morgan fingerprint density at radius 3 is 2.47 bits per heavy atom. The van der Waals surface area contributed by atoms with Crippen LogP contribution in [0.2, 0.25) is 0 Å². The summed E-state index contributed by atoms with van der Waals surface area (Å²) >= 11 is 11.9. The maximum Gasteiger partial charge on any atom is 0.414 e. The monoisotopic (exact) mass is 629 g/mol. The largest absolute Gasteiger partial charge is 0.444 e. The van der Waals surface area contributed by atoms with Crippen LogP contribution < -0.4 is 10.2 Å². The van der Waals surface area contributed by atoms with Gasteiger partial charge in [-0.05, 0) is 51.5 Å². The SMILES string of the molecule is [C-]#[N+]C1(c2ccc(-c3ccc(N4C[C@H](CNC(=O)C5CC5(Cl)Cl)OC4=O)cc3F)cn2)[C@@H]2CN(C(=O)OC(C)(C)C)C[C@@H]21. The number of alkyl halides is 2. The predicted molar refractivity (Wildman–Crippen MR) is 156 cm³/mol. The van der Waals surface area contributed by atoms with Crippen molar-refractivity contribution >= 4 is 47.0 Å². The normalized spacial score (nSPS) is 28.5. The first-order chi connectivity index (χ1) is 20.2. The molecular formula is C30H30Cl2FN5O5. The Bertz CT molecular complexity index is 1530. The minimum Gasteiger partial charge on any atom is -0.444 e. The van der Waals surface area contributed by atoms with E-state index in [0.29, 0.717) is 36.5 Å². The summed E-state index contributed by atoms with van der Waals surface area (Å²) in [7, 11) is 0. The third-order valence-corrected chi connectivity index (χ3v) is 9.28. The van der Waals surface area contributed by atoms with Crippen molar-refractivity contribution in [1.82, 2.24) is 15.2 Å². The molecule has 2 aliphatic heterocycles. The number of nitrogens with one attached hydrogen (secondary N) is 1. The van der Waals surface area contributed by atoms with Gasteiger partial charge in [0.15, 0.2) is 0 Å². The van der Waals surface area contributed by atoms with Crippen molar-refractivity contribution in [2.75, 3.05) is 31.1 Å². The number of fused-ring (bicyclic) bond motifs is 1. The molecule has 2 aliphatic carbocycles. The molecule has 3 amide bonds. The fourth-order valence-electron chi connectivity index (χ4n) is 6.05. The maximum atomic E-state index is 15.3. The highest BCUT2D eigenvalue weighted by Crippen LogP contribution is 2.64. The van der Waals surface area contributed by atoms with Gasteiger partial charge in [-0.1, -0.05) is 6.07 Å². The van der Waals surface area contributed by atoms with E-state index in [1.165, 1.54) is 11.0 Å². The zero-order chi connectivity index (χ0) is 30.9. The number of hydrogen-bond donors (Lipinski definition) is 1. The molecule has 13 heteroatoms. The molecule has 0 radical (unpaired) electrons. The van der Waals surface area contributed by atoms with Gasteiger partial charge in [0.05, 0.1) is 36.5 Å². The molecule has 6 rings (SSSR count). The summed E-state index contributed by atoms with van der Waals surface area (Å²) in [5.74, 6) is -1.41. The van der Waals surface area contributed by atoms with Gasteiger partial charge in [-0.15, -0.1) is 23.2 Å². The van der Waals surface area contributed by atoms with Crippen LogP contribution in [-0.2, 0) is 19.8 Å². The van der Waals surface area contributed by atoms with Gasteiger partial charge in [0.25, 0.3) is 5.54 Å². The lowest BCUT2D eigenvalue weighted by atomic mass is 10.0. The van der Waals surface area contributed by atoms with Crippen molar-refractivity contribution in [3.8, 4) is 11.1 Å². The maximum absolute atomic E-state index is 15.3. The number of nitrogens with zero attached hydrogens (tertiary/aromatic N) is 4. The number of hydrogen-bond acceptors (Lipinski definition) is 6. The van der Waals surface area contributed by atoms with Gasteiger partial charge < -0.3 is 24.5 Å². The topological polar surface area (TPSA) is 105 Å². The first-order valence-electron chi connectivity index (χ1n) is 14.0. The fourth-order valence-corrected chi connectivity index (χ4v) is 6.56. The molecule has 2 unspecified atom stereocenters. The van der Waals surface area contributed by atoms with Crippen molar-refractivity contribution in [2.24, 2.45) is 17.8 Å². The molecular weight excluding hydrogens is 600 g/mol. The first kappa shape index (κ1) is 29.5. The lowest BCUT2D eigenvalue weighted by molar-refractivity contribution is -0.122. The number of likely N-dealkylation sites (tertiary alicyclic amines) is 1.